The van der Waals surface area contributed by atoms with Crippen molar-refractivity contribution in [1.82, 2.24) is 4.90 Å². The molecule has 0 saturated heterocycles. The van der Waals surface area contributed by atoms with Gasteiger partial charge in [-0.1, -0.05) is 0 Å². The molecule has 0 bridgehead atoms. The summed E-state index contributed by atoms with van der Waals surface area (Å²) in [5.74, 6) is -0.296. The van der Waals surface area contributed by atoms with Crippen LogP contribution in [0.1, 0.15) is 35.6 Å². The summed E-state index contributed by atoms with van der Waals surface area (Å²) in [4.78, 5) is 3.43. The Morgan fingerprint density at radius 3 is 2.30 bits per heavy atom. The fourth-order valence-electron chi connectivity index (χ4n) is 3.72. The predicted octanol–water partition coefficient (Wildman–Crippen LogP) is 5.56. The number of phenolic OH excluding ortho intramolecular Hbond substituents is 1. The number of phenols is 1. The molecule has 7 nitrogen and oxygen atoms in total. The Hall–Kier alpha value is -1.09. The van der Waals surface area contributed by atoms with Crippen molar-refractivity contribution < 1.29 is 28.2 Å². The molecule has 0 amide bonds. The van der Waals surface area contributed by atoms with Crippen LogP contribution in [-0.4, -0.2) is 44.0 Å². The molecule has 166 valence electrons. The predicted molar refractivity (Wildman–Crippen MR) is 121 cm³/mol. The van der Waals surface area contributed by atoms with Crippen LogP contribution in [0.2, 0.25) is 0 Å². The van der Waals surface area contributed by atoms with Gasteiger partial charge in [0.25, 0.3) is 0 Å². The number of thiophene rings is 1. The lowest BCUT2D eigenvalue weighted by Gasteiger charge is -2.38. The van der Waals surface area contributed by atoms with E-state index in [1.807, 2.05) is 0 Å². The molecule has 1 aromatic heterocycles. The quantitative estimate of drug-likeness (QED) is 0.434. The second-order valence-electron chi connectivity index (χ2n) is 6.74. The van der Waals surface area contributed by atoms with Crippen molar-refractivity contribution in [2.45, 2.75) is 32.6 Å². The first-order chi connectivity index (χ1) is 14.4. The zero-order valence-corrected chi connectivity index (χ0v) is 20.8. The third-order valence-electron chi connectivity index (χ3n) is 4.93. The number of hydrogen-bond donors (Lipinski definition) is 1. The van der Waals surface area contributed by atoms with E-state index in [4.69, 9.17) is 18.5 Å². The molecule has 0 radical (unpaired) electrons. The van der Waals surface area contributed by atoms with E-state index < -0.39 is 13.4 Å². The lowest BCUT2D eigenvalue weighted by Crippen LogP contribution is -2.34. The first-order valence-corrected chi connectivity index (χ1v) is 12.9. The summed E-state index contributed by atoms with van der Waals surface area (Å²) in [6.45, 7) is 5.40. The molecule has 1 unspecified atom stereocenters. The van der Waals surface area contributed by atoms with Crippen molar-refractivity contribution in [1.29, 1.82) is 0 Å². The highest BCUT2D eigenvalue weighted by Gasteiger charge is 2.43. The normalized spacial score (nSPS) is 15.6. The minimum Gasteiger partial charge on any atom is -0.502 e. The Labute approximate surface area is 189 Å². The first kappa shape index (κ1) is 23.6. The standard InChI is InChI=1S/C20H27BrNO6PS/c1-5-27-29(24,28-6-2)20(13-9-15(25-3)19(23)16(10-13)26-4)22-8-7-17-14(12-22)11-18(21)30-17/h9-11,20,23H,5-8,12H2,1-4H3. The van der Waals surface area contributed by atoms with Crippen LogP contribution in [0, 0.1) is 0 Å². The third-order valence-corrected chi connectivity index (χ3v) is 9.13. The van der Waals surface area contributed by atoms with Crippen LogP contribution in [0.15, 0.2) is 22.0 Å². The number of methoxy groups -OCH3 is 2. The highest BCUT2D eigenvalue weighted by molar-refractivity contribution is 9.11. The fourth-order valence-corrected chi connectivity index (χ4v) is 7.66. The van der Waals surface area contributed by atoms with Crippen LogP contribution in [-0.2, 0) is 26.6 Å². The maximum absolute atomic E-state index is 14.0. The van der Waals surface area contributed by atoms with Gasteiger partial charge in [0.05, 0.1) is 31.2 Å². The summed E-state index contributed by atoms with van der Waals surface area (Å²) >= 11 is 5.29. The molecule has 3 rings (SSSR count). The topological polar surface area (TPSA) is 77.5 Å². The number of nitrogens with zero attached hydrogens (tertiary/aromatic N) is 1. The number of benzene rings is 1. The average molecular weight is 520 g/mol. The molecule has 10 heteroatoms. The lowest BCUT2D eigenvalue weighted by atomic mass is 10.1. The number of halogens is 1. The van der Waals surface area contributed by atoms with E-state index in [1.54, 1.807) is 37.3 Å². The Kier molecular flexibility index (Phi) is 7.87. The molecule has 30 heavy (non-hydrogen) atoms. The van der Waals surface area contributed by atoms with Gasteiger partial charge in [0.15, 0.2) is 11.5 Å². The summed E-state index contributed by atoms with van der Waals surface area (Å²) in [5.41, 5.74) is 1.84. The number of hydrogen-bond acceptors (Lipinski definition) is 8. The average Bonchev–Trinajstić information content (AvgIpc) is 3.08. The first-order valence-electron chi connectivity index (χ1n) is 9.71. The van der Waals surface area contributed by atoms with Crippen molar-refractivity contribution in [2.75, 3.05) is 34.0 Å². The van der Waals surface area contributed by atoms with Crippen molar-refractivity contribution in [3.05, 3.63) is 38.0 Å². The molecule has 1 aliphatic rings. The SMILES string of the molecule is CCOP(=O)(OCC)C(c1cc(OC)c(O)c(OC)c1)N1CCc2sc(Br)cc2C1. The van der Waals surface area contributed by atoms with Gasteiger partial charge in [0, 0.05) is 18.0 Å². The van der Waals surface area contributed by atoms with Crippen LogP contribution in [0.4, 0.5) is 0 Å². The van der Waals surface area contributed by atoms with Crippen LogP contribution in [0.3, 0.4) is 0 Å². The summed E-state index contributed by atoms with van der Waals surface area (Å²) in [6, 6.07) is 5.45. The van der Waals surface area contributed by atoms with Crippen LogP contribution < -0.4 is 9.47 Å². The van der Waals surface area contributed by atoms with Crippen LogP contribution in [0.25, 0.3) is 0 Å². The van der Waals surface area contributed by atoms with E-state index in [-0.39, 0.29) is 30.5 Å². The van der Waals surface area contributed by atoms with E-state index in [0.717, 1.165) is 10.2 Å². The number of ether oxygens (including phenoxy) is 2. The summed E-state index contributed by atoms with van der Waals surface area (Å²) in [5, 5.41) is 10.3. The van der Waals surface area contributed by atoms with Gasteiger partial charge in [0.1, 0.15) is 5.78 Å². The summed E-state index contributed by atoms with van der Waals surface area (Å²) in [6.07, 6.45) is 0.840. The zero-order valence-electron chi connectivity index (χ0n) is 17.5. The van der Waals surface area contributed by atoms with Crippen molar-refractivity contribution in [2.24, 2.45) is 0 Å². The smallest absolute Gasteiger partial charge is 0.352 e. The Bertz CT molecular complexity index is 901. The van der Waals surface area contributed by atoms with Gasteiger partial charge in [-0.25, -0.2) is 0 Å². The van der Waals surface area contributed by atoms with Gasteiger partial charge < -0.3 is 23.6 Å². The van der Waals surface area contributed by atoms with Gasteiger partial charge in [-0.15, -0.1) is 11.3 Å². The Morgan fingerprint density at radius 1 is 1.17 bits per heavy atom. The van der Waals surface area contributed by atoms with E-state index in [1.165, 1.54) is 24.7 Å². The summed E-state index contributed by atoms with van der Waals surface area (Å²) < 4.78 is 37.2. The molecule has 2 aromatic rings. The minimum absolute atomic E-state index is 0.104. The lowest BCUT2D eigenvalue weighted by molar-refractivity contribution is 0.154. The minimum atomic E-state index is -3.58. The molecule has 2 heterocycles. The molecule has 1 aliphatic heterocycles. The summed E-state index contributed by atoms with van der Waals surface area (Å²) in [7, 11) is -0.643. The van der Waals surface area contributed by atoms with Gasteiger partial charge in [0.2, 0.25) is 5.75 Å². The molecule has 1 atom stereocenters. The van der Waals surface area contributed by atoms with E-state index in [9.17, 15) is 9.67 Å². The number of rotatable bonds is 9. The van der Waals surface area contributed by atoms with E-state index in [0.29, 0.717) is 18.7 Å². The van der Waals surface area contributed by atoms with Gasteiger partial charge in [-0.2, -0.15) is 0 Å². The highest BCUT2D eigenvalue weighted by Crippen LogP contribution is 2.63. The van der Waals surface area contributed by atoms with Gasteiger partial charge >= 0.3 is 7.60 Å². The van der Waals surface area contributed by atoms with Crippen LogP contribution in [0.5, 0.6) is 17.2 Å². The number of fused-ring (bicyclic) bond motifs is 1. The van der Waals surface area contributed by atoms with Gasteiger partial charge in [-0.3, -0.25) is 9.46 Å². The van der Waals surface area contributed by atoms with Crippen LogP contribution >= 0.6 is 34.9 Å². The van der Waals surface area contributed by atoms with E-state index >= 15 is 0 Å². The molecular weight excluding hydrogens is 493 g/mol. The molecule has 0 fully saturated rings. The maximum atomic E-state index is 14.0. The van der Waals surface area contributed by atoms with Gasteiger partial charge in [-0.05, 0) is 65.5 Å². The molecule has 0 aliphatic carbocycles. The second-order valence-corrected chi connectivity index (χ2v) is 11.3. The molecular formula is C20H27BrNO6PS. The molecule has 1 aromatic carbocycles. The van der Waals surface area contributed by atoms with Crippen molar-refractivity contribution >= 4 is 34.9 Å². The molecule has 0 saturated carbocycles. The molecule has 0 spiro atoms. The number of aromatic hydroxyl groups is 1. The highest BCUT2D eigenvalue weighted by atomic mass is 79.9. The monoisotopic (exact) mass is 519 g/mol. The zero-order chi connectivity index (χ0) is 21.9. The van der Waals surface area contributed by atoms with E-state index in [2.05, 4.69) is 26.9 Å². The second kappa shape index (κ2) is 10.0. The largest absolute Gasteiger partial charge is 0.502 e. The maximum Gasteiger partial charge on any atom is 0.352 e. The Balaban J connectivity index is 2.12. The fraction of sp³-hybridized carbons (Fsp3) is 0.500. The Morgan fingerprint density at radius 2 is 1.77 bits per heavy atom. The third kappa shape index (κ3) is 4.71. The molecule has 1 N–H and O–H groups in total. The van der Waals surface area contributed by atoms with Crippen molar-refractivity contribution in [3.8, 4) is 17.2 Å². The van der Waals surface area contributed by atoms with Crippen molar-refractivity contribution in [3.63, 3.8) is 0 Å².